The fraction of sp³-hybridized carbons (Fsp3) is 0.100. The zero-order valence-electron chi connectivity index (χ0n) is 20.8. The lowest BCUT2D eigenvalue weighted by Crippen LogP contribution is -2.57. The van der Waals surface area contributed by atoms with Gasteiger partial charge >= 0.3 is 6.18 Å². The van der Waals surface area contributed by atoms with E-state index in [-0.39, 0.29) is 27.8 Å². The minimum absolute atomic E-state index is 0.000651. The highest BCUT2D eigenvalue weighted by molar-refractivity contribution is 7.81. The Hall–Kier alpha value is -4.50. The normalized spacial score (nSPS) is 15.4. The van der Waals surface area contributed by atoms with Crippen LogP contribution in [-0.2, 0) is 15.8 Å². The lowest BCUT2D eigenvalue weighted by Gasteiger charge is -2.36. The van der Waals surface area contributed by atoms with Gasteiger partial charge in [-0.1, -0.05) is 36.4 Å². The molecular formula is C30H21F3N2O3S. The summed E-state index contributed by atoms with van der Waals surface area (Å²) >= 11 is 5.64. The molecule has 1 fully saturated rings. The molecule has 5 rings (SSSR count). The van der Waals surface area contributed by atoms with E-state index in [1.165, 1.54) is 40.1 Å². The van der Waals surface area contributed by atoms with Gasteiger partial charge in [0.15, 0.2) is 5.11 Å². The van der Waals surface area contributed by atoms with Gasteiger partial charge in [-0.15, -0.1) is 0 Å². The molecule has 0 unspecified atom stereocenters. The maximum atomic E-state index is 13.7. The Morgan fingerprint density at radius 1 is 0.769 bits per heavy atom. The van der Waals surface area contributed by atoms with Crippen LogP contribution in [0.25, 0.3) is 17.4 Å². The Bertz CT molecular complexity index is 1640. The molecule has 0 aliphatic carbocycles. The molecule has 39 heavy (non-hydrogen) atoms. The summed E-state index contributed by atoms with van der Waals surface area (Å²) in [5.41, 5.74) is 2.12. The maximum Gasteiger partial charge on any atom is 0.416 e. The standard InChI is InChI=1S/C30H21F3N2O3S/c1-18-11-12-23(15-19(18)2)35-28(37)25(27(36)34(29(35)39)22-9-4-3-5-10-22)17-24-13-14-26(38-24)20-7-6-8-21(16-20)30(31,32)33/h3-17H,1-2H3/b25-17+. The summed E-state index contributed by atoms with van der Waals surface area (Å²) in [7, 11) is 0. The quantitative estimate of drug-likeness (QED) is 0.153. The van der Waals surface area contributed by atoms with Crippen LogP contribution < -0.4 is 9.80 Å². The third kappa shape index (κ3) is 5.00. The Morgan fingerprint density at radius 3 is 2.13 bits per heavy atom. The highest BCUT2D eigenvalue weighted by atomic mass is 32.1. The molecule has 3 aromatic carbocycles. The van der Waals surface area contributed by atoms with Crippen LogP contribution >= 0.6 is 12.2 Å². The van der Waals surface area contributed by atoms with Crippen molar-refractivity contribution in [3.8, 4) is 11.3 Å². The van der Waals surface area contributed by atoms with Crippen LogP contribution in [0.2, 0.25) is 0 Å². The molecule has 5 nitrogen and oxygen atoms in total. The number of carbonyl (C=O) groups is 2. The van der Waals surface area contributed by atoms with Crippen LogP contribution in [0, 0.1) is 13.8 Å². The number of hydrogen-bond donors (Lipinski definition) is 0. The molecule has 0 spiro atoms. The number of rotatable bonds is 4. The van der Waals surface area contributed by atoms with E-state index in [4.69, 9.17) is 16.6 Å². The number of amides is 2. The number of anilines is 2. The molecule has 1 aromatic heterocycles. The van der Waals surface area contributed by atoms with Crippen molar-refractivity contribution in [2.24, 2.45) is 0 Å². The summed E-state index contributed by atoms with van der Waals surface area (Å²) in [6, 6.07) is 21.8. The van der Waals surface area contributed by atoms with Gasteiger partial charge in [0.25, 0.3) is 11.8 Å². The number of carbonyl (C=O) groups excluding carboxylic acids is 2. The highest BCUT2D eigenvalue weighted by Crippen LogP contribution is 2.34. The monoisotopic (exact) mass is 546 g/mol. The molecule has 1 aliphatic heterocycles. The van der Waals surface area contributed by atoms with Crippen molar-refractivity contribution in [2.45, 2.75) is 20.0 Å². The molecule has 0 N–H and O–H groups in total. The zero-order chi connectivity index (χ0) is 27.9. The Kier molecular flexibility index (Phi) is 6.69. The second-order valence-corrected chi connectivity index (χ2v) is 9.37. The molecule has 4 aromatic rings. The van der Waals surface area contributed by atoms with Gasteiger partial charge in [-0.2, -0.15) is 13.2 Å². The Balaban J connectivity index is 1.58. The third-order valence-corrected chi connectivity index (χ3v) is 6.77. The molecule has 2 amide bonds. The molecule has 9 heteroatoms. The lowest BCUT2D eigenvalue weighted by atomic mass is 10.1. The average molecular weight is 547 g/mol. The topological polar surface area (TPSA) is 53.8 Å². The first-order chi connectivity index (χ1) is 18.5. The zero-order valence-corrected chi connectivity index (χ0v) is 21.6. The summed E-state index contributed by atoms with van der Waals surface area (Å²) < 4.78 is 45.3. The molecule has 1 aliphatic rings. The van der Waals surface area contributed by atoms with E-state index >= 15 is 0 Å². The number of hydrogen-bond acceptors (Lipinski definition) is 4. The number of alkyl halides is 3. The molecule has 2 heterocycles. The van der Waals surface area contributed by atoms with Crippen molar-refractivity contribution in [2.75, 3.05) is 9.80 Å². The fourth-order valence-electron chi connectivity index (χ4n) is 4.20. The number of aryl methyl sites for hydroxylation is 2. The van der Waals surface area contributed by atoms with Gasteiger partial charge in [-0.05, 0) is 91.8 Å². The van der Waals surface area contributed by atoms with Gasteiger partial charge in [-0.25, -0.2) is 0 Å². The van der Waals surface area contributed by atoms with Crippen molar-refractivity contribution < 1.29 is 27.2 Å². The van der Waals surface area contributed by atoms with E-state index in [0.717, 1.165) is 23.3 Å². The third-order valence-electron chi connectivity index (χ3n) is 6.40. The summed E-state index contributed by atoms with van der Waals surface area (Å²) in [5.74, 6) is -1.00. The van der Waals surface area contributed by atoms with Crippen LogP contribution in [-0.4, -0.2) is 16.9 Å². The predicted octanol–water partition coefficient (Wildman–Crippen LogP) is 7.33. The molecular weight excluding hydrogens is 525 g/mol. The molecule has 1 saturated heterocycles. The van der Waals surface area contributed by atoms with Crippen molar-refractivity contribution in [1.29, 1.82) is 0 Å². The fourth-order valence-corrected chi connectivity index (χ4v) is 4.58. The molecule has 0 saturated carbocycles. The number of benzene rings is 3. The summed E-state index contributed by atoms with van der Waals surface area (Å²) in [5, 5.41) is 0.000651. The Morgan fingerprint density at radius 2 is 1.46 bits per heavy atom. The number of para-hydroxylation sites is 1. The molecule has 0 bridgehead atoms. The van der Waals surface area contributed by atoms with Crippen LogP contribution in [0.4, 0.5) is 24.5 Å². The van der Waals surface area contributed by atoms with E-state index in [9.17, 15) is 22.8 Å². The van der Waals surface area contributed by atoms with Crippen molar-refractivity contribution >= 4 is 46.6 Å². The number of furan rings is 1. The van der Waals surface area contributed by atoms with Crippen molar-refractivity contribution in [1.82, 2.24) is 0 Å². The van der Waals surface area contributed by atoms with E-state index in [0.29, 0.717) is 11.4 Å². The van der Waals surface area contributed by atoms with Gasteiger partial charge in [0.2, 0.25) is 0 Å². The van der Waals surface area contributed by atoms with Gasteiger partial charge in [0, 0.05) is 5.56 Å². The lowest BCUT2D eigenvalue weighted by molar-refractivity contribution is -0.137. The van der Waals surface area contributed by atoms with Crippen LogP contribution in [0.1, 0.15) is 22.5 Å². The van der Waals surface area contributed by atoms with E-state index in [2.05, 4.69) is 0 Å². The average Bonchev–Trinajstić information content (AvgIpc) is 3.38. The van der Waals surface area contributed by atoms with Crippen LogP contribution in [0.15, 0.2) is 94.9 Å². The van der Waals surface area contributed by atoms with Gasteiger partial charge < -0.3 is 4.42 Å². The van der Waals surface area contributed by atoms with Crippen LogP contribution in [0.3, 0.4) is 0 Å². The molecule has 0 atom stereocenters. The highest BCUT2D eigenvalue weighted by Gasteiger charge is 2.41. The number of nitrogens with zero attached hydrogens (tertiary/aromatic N) is 2. The van der Waals surface area contributed by atoms with Gasteiger partial charge in [0.1, 0.15) is 17.1 Å². The SMILES string of the molecule is Cc1ccc(N2C(=O)/C(=C/c3ccc(-c4cccc(C(F)(F)F)c4)o3)C(=O)N(c3ccccc3)C2=S)cc1C. The van der Waals surface area contributed by atoms with Gasteiger partial charge in [0.05, 0.1) is 16.9 Å². The second-order valence-electron chi connectivity index (χ2n) is 9.01. The largest absolute Gasteiger partial charge is 0.457 e. The minimum Gasteiger partial charge on any atom is -0.457 e. The summed E-state index contributed by atoms with van der Waals surface area (Å²) in [6.07, 6.45) is -3.22. The maximum absolute atomic E-state index is 13.7. The van der Waals surface area contributed by atoms with E-state index in [1.54, 1.807) is 36.4 Å². The Labute approximate surface area is 227 Å². The van der Waals surface area contributed by atoms with E-state index < -0.39 is 23.6 Å². The predicted molar refractivity (Wildman–Crippen MR) is 147 cm³/mol. The first kappa shape index (κ1) is 26.1. The molecule has 0 radical (unpaired) electrons. The first-order valence-electron chi connectivity index (χ1n) is 11.9. The minimum atomic E-state index is -4.51. The van der Waals surface area contributed by atoms with Crippen molar-refractivity contribution in [3.63, 3.8) is 0 Å². The van der Waals surface area contributed by atoms with Crippen LogP contribution in [0.5, 0.6) is 0 Å². The molecule has 196 valence electrons. The summed E-state index contributed by atoms with van der Waals surface area (Å²) in [6.45, 7) is 3.85. The number of halogens is 3. The van der Waals surface area contributed by atoms with Gasteiger partial charge in [-0.3, -0.25) is 19.4 Å². The van der Waals surface area contributed by atoms with E-state index in [1.807, 2.05) is 26.0 Å². The second kappa shape index (κ2) is 9.99. The van der Waals surface area contributed by atoms with Crippen molar-refractivity contribution in [3.05, 3.63) is 113 Å². The first-order valence-corrected chi connectivity index (χ1v) is 12.3. The number of thiocarbonyl (C=S) groups is 1. The summed E-state index contributed by atoms with van der Waals surface area (Å²) in [4.78, 5) is 29.9. The smallest absolute Gasteiger partial charge is 0.416 e.